The van der Waals surface area contributed by atoms with Crippen LogP contribution in [0.3, 0.4) is 0 Å². The Morgan fingerprint density at radius 3 is 2.17 bits per heavy atom. The second-order valence-electron chi connectivity index (χ2n) is 4.55. The van der Waals surface area contributed by atoms with Crippen LogP contribution in [0.5, 0.6) is 0 Å². The Morgan fingerprint density at radius 2 is 1.57 bits per heavy atom. The van der Waals surface area contributed by atoms with Gasteiger partial charge in [0.15, 0.2) is 5.82 Å². The molecule has 2 aromatic carbocycles. The van der Waals surface area contributed by atoms with Crippen molar-refractivity contribution in [3.63, 3.8) is 0 Å². The van der Waals surface area contributed by atoms with Gasteiger partial charge in [0.05, 0.1) is 10.6 Å². The maximum atomic E-state index is 13.8. The Labute approximate surface area is 134 Å². The molecule has 0 radical (unpaired) electrons. The summed E-state index contributed by atoms with van der Waals surface area (Å²) in [7, 11) is -4.17. The molecule has 2 aromatic rings. The number of sulfonamides is 1. The topological polar surface area (TPSA) is 46.2 Å². The van der Waals surface area contributed by atoms with Crippen molar-refractivity contribution >= 4 is 15.7 Å². The minimum Gasteiger partial charge on any atom is -0.277 e. The molecule has 3 nitrogen and oxygen atoms in total. The zero-order chi connectivity index (χ0) is 17.8. The van der Waals surface area contributed by atoms with E-state index in [1.165, 1.54) is 19.9 Å². The Hall–Kier alpha value is -2.02. The second kappa shape index (κ2) is 7.50. The molecule has 0 heterocycles. The van der Waals surface area contributed by atoms with Crippen LogP contribution in [-0.4, -0.2) is 8.42 Å². The molecule has 0 fully saturated rings. The molecule has 0 aliphatic heterocycles. The highest BCUT2D eigenvalue weighted by molar-refractivity contribution is 7.92. The zero-order valence-corrected chi connectivity index (χ0v) is 14.1. The average Bonchev–Trinajstić information content (AvgIpc) is 2.52. The molecular weight excluding hydrogens is 327 g/mol. The maximum Gasteiger partial charge on any atom is 0.262 e. The van der Waals surface area contributed by atoms with Gasteiger partial charge in [-0.05, 0) is 43.7 Å². The average molecular weight is 345 g/mol. The minimum absolute atomic E-state index is 0.300. The smallest absolute Gasteiger partial charge is 0.262 e. The largest absolute Gasteiger partial charge is 0.277 e. The van der Waals surface area contributed by atoms with E-state index in [1.807, 2.05) is 18.6 Å². The summed E-state index contributed by atoms with van der Waals surface area (Å²) in [6.45, 7) is 6.68. The lowest BCUT2D eigenvalue weighted by molar-refractivity contribution is 0.569. The van der Waals surface area contributed by atoms with Gasteiger partial charge in [-0.15, -0.1) is 0 Å². The summed E-state index contributed by atoms with van der Waals surface area (Å²) in [5.41, 5.74) is -0.383. The predicted octanol–water partition coefficient (Wildman–Crippen LogP) is 4.55. The molecule has 0 amide bonds. The van der Waals surface area contributed by atoms with Gasteiger partial charge < -0.3 is 0 Å². The monoisotopic (exact) mass is 345 g/mol. The normalized spacial score (nSPS) is 10.7. The van der Waals surface area contributed by atoms with E-state index >= 15 is 0 Å². The van der Waals surface area contributed by atoms with Crippen molar-refractivity contribution in [2.75, 3.05) is 4.72 Å². The van der Waals surface area contributed by atoms with E-state index in [1.54, 1.807) is 0 Å². The summed E-state index contributed by atoms with van der Waals surface area (Å²) in [6.07, 6.45) is 0. The van der Waals surface area contributed by atoms with E-state index in [0.29, 0.717) is 5.56 Å². The van der Waals surface area contributed by atoms with Gasteiger partial charge in [0.25, 0.3) is 10.0 Å². The Morgan fingerprint density at radius 1 is 0.957 bits per heavy atom. The van der Waals surface area contributed by atoms with Crippen molar-refractivity contribution in [2.24, 2.45) is 0 Å². The van der Waals surface area contributed by atoms with Crippen molar-refractivity contribution in [1.82, 2.24) is 0 Å². The molecule has 7 heteroatoms. The molecule has 0 atom stereocenters. The van der Waals surface area contributed by atoms with Gasteiger partial charge in [0.1, 0.15) is 11.6 Å². The second-order valence-corrected chi connectivity index (χ2v) is 6.20. The number of aryl methyl sites for hydroxylation is 1. The van der Waals surface area contributed by atoms with Crippen LogP contribution in [0.15, 0.2) is 35.2 Å². The number of rotatable bonds is 3. The highest BCUT2D eigenvalue weighted by atomic mass is 32.2. The van der Waals surface area contributed by atoms with Gasteiger partial charge in [0, 0.05) is 5.56 Å². The molecule has 0 saturated heterocycles. The molecular formula is C16H18F3NO2S. The van der Waals surface area contributed by atoms with Crippen LogP contribution in [0.4, 0.5) is 18.9 Å². The lowest BCUT2D eigenvalue weighted by atomic mass is 10.2. The van der Waals surface area contributed by atoms with Crippen LogP contribution in [0.2, 0.25) is 0 Å². The summed E-state index contributed by atoms with van der Waals surface area (Å²) in [4.78, 5) is -0.302. The molecule has 126 valence electrons. The fourth-order valence-electron chi connectivity index (χ4n) is 1.80. The van der Waals surface area contributed by atoms with E-state index < -0.39 is 33.2 Å². The molecule has 1 N–H and O–H groups in total. The molecule has 0 aliphatic rings. The summed E-state index contributed by atoms with van der Waals surface area (Å²) in [5.74, 6) is -2.51. The molecule has 0 saturated carbocycles. The first-order valence-corrected chi connectivity index (χ1v) is 8.44. The van der Waals surface area contributed by atoms with E-state index in [0.717, 1.165) is 24.3 Å². The predicted molar refractivity (Wildman–Crippen MR) is 84.4 cm³/mol. The molecule has 0 unspecified atom stereocenters. The fourth-order valence-corrected chi connectivity index (χ4v) is 3.12. The van der Waals surface area contributed by atoms with Gasteiger partial charge in [0.2, 0.25) is 0 Å². The highest BCUT2D eigenvalue weighted by Gasteiger charge is 2.20. The first-order chi connectivity index (χ1) is 10.7. The molecule has 2 rings (SSSR count). The summed E-state index contributed by atoms with van der Waals surface area (Å²) in [6, 6.07) is 5.19. The van der Waals surface area contributed by atoms with Crippen LogP contribution in [0, 0.1) is 31.3 Å². The quantitative estimate of drug-likeness (QED) is 0.887. The van der Waals surface area contributed by atoms with Gasteiger partial charge in [-0.3, -0.25) is 4.72 Å². The molecule has 0 aromatic heterocycles. The lowest BCUT2D eigenvalue weighted by Gasteiger charge is -2.12. The molecule has 0 spiro atoms. The summed E-state index contributed by atoms with van der Waals surface area (Å²) in [5, 5.41) is 0. The fraction of sp³-hybridized carbons (Fsp3) is 0.250. The van der Waals surface area contributed by atoms with Crippen LogP contribution >= 0.6 is 0 Å². The van der Waals surface area contributed by atoms with Gasteiger partial charge >= 0.3 is 0 Å². The minimum atomic E-state index is -4.17. The van der Waals surface area contributed by atoms with E-state index in [-0.39, 0.29) is 10.5 Å². The number of hydrogen-bond donors (Lipinski definition) is 1. The van der Waals surface area contributed by atoms with Crippen LogP contribution in [0.25, 0.3) is 0 Å². The van der Waals surface area contributed by atoms with Crippen LogP contribution in [0.1, 0.15) is 25.0 Å². The highest BCUT2D eigenvalue weighted by Crippen LogP contribution is 2.24. The third-order valence-electron chi connectivity index (χ3n) is 3.00. The van der Waals surface area contributed by atoms with E-state index in [2.05, 4.69) is 0 Å². The van der Waals surface area contributed by atoms with Crippen molar-refractivity contribution in [3.8, 4) is 0 Å². The van der Waals surface area contributed by atoms with Gasteiger partial charge in [-0.1, -0.05) is 19.9 Å². The number of nitrogens with one attached hydrogen (secondary N) is 1. The third-order valence-corrected chi connectivity index (χ3v) is 4.51. The summed E-state index contributed by atoms with van der Waals surface area (Å²) < 4.78 is 66.6. The van der Waals surface area contributed by atoms with Gasteiger partial charge in [-0.25, -0.2) is 21.6 Å². The van der Waals surface area contributed by atoms with Crippen LogP contribution in [-0.2, 0) is 10.0 Å². The van der Waals surface area contributed by atoms with Crippen molar-refractivity contribution in [2.45, 2.75) is 32.6 Å². The van der Waals surface area contributed by atoms with Crippen molar-refractivity contribution in [3.05, 3.63) is 58.9 Å². The van der Waals surface area contributed by atoms with Gasteiger partial charge in [-0.2, -0.15) is 0 Å². The molecule has 0 aliphatic carbocycles. The number of anilines is 1. The Kier molecular flexibility index (Phi) is 6.20. The first-order valence-electron chi connectivity index (χ1n) is 6.96. The molecule has 23 heavy (non-hydrogen) atoms. The number of halogens is 3. The SMILES string of the molecule is CC.Cc1ccc(F)cc1S(=O)(=O)Nc1ccc(F)c(C)c1F. The van der Waals surface area contributed by atoms with Crippen molar-refractivity contribution < 1.29 is 21.6 Å². The van der Waals surface area contributed by atoms with E-state index in [4.69, 9.17) is 0 Å². The third kappa shape index (κ3) is 4.25. The Balaban J connectivity index is 0.00000127. The van der Waals surface area contributed by atoms with E-state index in [9.17, 15) is 21.6 Å². The number of hydrogen-bond acceptors (Lipinski definition) is 2. The maximum absolute atomic E-state index is 13.8. The number of benzene rings is 2. The standard InChI is InChI=1S/C14H12F3NO2S.C2H6/c1-8-3-4-10(15)7-13(8)21(19,20)18-12-6-5-11(16)9(2)14(12)17;1-2/h3-7,18H,1-2H3;1-2H3. The first kappa shape index (κ1) is 19.0. The zero-order valence-electron chi connectivity index (χ0n) is 13.2. The summed E-state index contributed by atoms with van der Waals surface area (Å²) >= 11 is 0. The molecule has 0 bridgehead atoms. The lowest BCUT2D eigenvalue weighted by Crippen LogP contribution is -2.16. The van der Waals surface area contributed by atoms with Crippen LogP contribution < -0.4 is 4.72 Å². The Bertz CT molecular complexity index is 805. The van der Waals surface area contributed by atoms with Crippen molar-refractivity contribution in [1.29, 1.82) is 0 Å².